The molecular formula is C2H6ClO3PS2. The Morgan fingerprint density at radius 2 is 2.22 bits per heavy atom. The zero-order valence-electron chi connectivity index (χ0n) is 4.27. The van der Waals surface area contributed by atoms with E-state index in [0.29, 0.717) is 0 Å². The van der Waals surface area contributed by atoms with Crippen molar-refractivity contribution in [2.75, 3.05) is 5.88 Å². The van der Waals surface area contributed by atoms with Crippen LogP contribution < -0.4 is 0 Å². The van der Waals surface area contributed by atoms with Gasteiger partial charge in [0, 0.05) is 5.88 Å². The SMILES string of the molecule is O=P(O)(O)C(CCl)SS. The Labute approximate surface area is 67.1 Å². The first-order chi connectivity index (χ1) is 4.02. The summed E-state index contributed by atoms with van der Waals surface area (Å²) >= 11 is 8.82. The highest BCUT2D eigenvalue weighted by atomic mass is 35.5. The van der Waals surface area contributed by atoms with Gasteiger partial charge in [0.05, 0.1) is 0 Å². The smallest absolute Gasteiger partial charge is 0.324 e. The van der Waals surface area contributed by atoms with Crippen molar-refractivity contribution in [3.63, 3.8) is 0 Å². The van der Waals surface area contributed by atoms with E-state index in [1.54, 1.807) is 0 Å². The predicted molar refractivity (Wildman–Crippen MR) is 43.1 cm³/mol. The molecule has 0 amide bonds. The number of rotatable bonds is 3. The third kappa shape index (κ3) is 3.75. The van der Waals surface area contributed by atoms with Crippen LogP contribution in [0, 0.1) is 0 Å². The monoisotopic (exact) mass is 208 g/mol. The number of hydrogen-bond acceptors (Lipinski definition) is 3. The van der Waals surface area contributed by atoms with E-state index in [-0.39, 0.29) is 5.88 Å². The molecule has 0 aromatic heterocycles. The summed E-state index contributed by atoms with van der Waals surface area (Å²) in [5, 5.41) is 0. The molecule has 0 saturated carbocycles. The standard InChI is InChI=1S/C2H6ClO3PS2/c3-1-2(9-8)7(4,5)6/h2,8H,1H2,(H2,4,5,6). The van der Waals surface area contributed by atoms with E-state index in [4.69, 9.17) is 21.4 Å². The average molecular weight is 209 g/mol. The summed E-state index contributed by atoms with van der Waals surface area (Å²) < 4.78 is 10.3. The lowest BCUT2D eigenvalue weighted by Crippen LogP contribution is -2.02. The van der Waals surface area contributed by atoms with Gasteiger partial charge in [0.25, 0.3) is 0 Å². The summed E-state index contributed by atoms with van der Waals surface area (Å²) in [7, 11) is -3.24. The zero-order chi connectivity index (χ0) is 7.49. The summed E-state index contributed by atoms with van der Waals surface area (Å²) in [5.74, 6) is -0.0849. The number of thiol groups is 1. The van der Waals surface area contributed by atoms with Crippen molar-refractivity contribution in [3.8, 4) is 0 Å². The van der Waals surface area contributed by atoms with Crippen LogP contribution in [0.15, 0.2) is 0 Å². The molecular weight excluding hydrogens is 203 g/mol. The van der Waals surface area contributed by atoms with Crippen molar-refractivity contribution < 1.29 is 14.4 Å². The fourth-order valence-corrected chi connectivity index (χ4v) is 3.23. The Bertz CT molecular complexity index is 121. The predicted octanol–water partition coefficient (Wildman–Crippen LogP) is 1.31. The van der Waals surface area contributed by atoms with E-state index in [1.807, 2.05) is 0 Å². The maximum atomic E-state index is 10.3. The highest BCUT2D eigenvalue weighted by molar-refractivity contribution is 8.69. The minimum atomic E-state index is -4.02. The topological polar surface area (TPSA) is 57.5 Å². The summed E-state index contributed by atoms with van der Waals surface area (Å²) in [6, 6.07) is 0. The van der Waals surface area contributed by atoms with Gasteiger partial charge in [-0.25, -0.2) is 0 Å². The molecule has 3 nitrogen and oxygen atoms in total. The Morgan fingerprint density at radius 1 is 1.78 bits per heavy atom. The second-order valence-corrected chi connectivity index (χ2v) is 5.18. The van der Waals surface area contributed by atoms with Crippen molar-refractivity contribution in [3.05, 3.63) is 0 Å². The summed E-state index contributed by atoms with van der Waals surface area (Å²) in [6.07, 6.45) is 0. The molecule has 1 atom stereocenters. The minimum Gasteiger partial charge on any atom is -0.324 e. The largest absolute Gasteiger partial charge is 0.340 e. The number of halogens is 1. The van der Waals surface area contributed by atoms with Gasteiger partial charge in [0.2, 0.25) is 0 Å². The van der Waals surface area contributed by atoms with Gasteiger partial charge in [0.15, 0.2) is 0 Å². The van der Waals surface area contributed by atoms with Gasteiger partial charge in [0.1, 0.15) is 4.99 Å². The Morgan fingerprint density at radius 3 is 2.22 bits per heavy atom. The lowest BCUT2D eigenvalue weighted by atomic mass is 10.9. The van der Waals surface area contributed by atoms with Crippen LogP contribution >= 0.6 is 41.7 Å². The van der Waals surface area contributed by atoms with Gasteiger partial charge in [-0.1, -0.05) is 10.8 Å². The minimum absolute atomic E-state index is 0.0849. The number of hydrogen-bond donors (Lipinski definition) is 3. The van der Waals surface area contributed by atoms with Crippen LogP contribution in [-0.4, -0.2) is 20.7 Å². The van der Waals surface area contributed by atoms with Crippen LogP contribution in [0.4, 0.5) is 0 Å². The van der Waals surface area contributed by atoms with Crippen LogP contribution in [-0.2, 0) is 4.57 Å². The van der Waals surface area contributed by atoms with E-state index in [9.17, 15) is 4.57 Å². The highest BCUT2D eigenvalue weighted by Crippen LogP contribution is 2.48. The lowest BCUT2D eigenvalue weighted by Gasteiger charge is -2.10. The van der Waals surface area contributed by atoms with Gasteiger partial charge < -0.3 is 9.79 Å². The van der Waals surface area contributed by atoms with Crippen molar-refractivity contribution in [2.24, 2.45) is 0 Å². The van der Waals surface area contributed by atoms with E-state index in [0.717, 1.165) is 10.8 Å². The van der Waals surface area contributed by atoms with E-state index in [2.05, 4.69) is 11.7 Å². The van der Waals surface area contributed by atoms with E-state index < -0.39 is 12.6 Å². The molecule has 0 bridgehead atoms. The van der Waals surface area contributed by atoms with Crippen LogP contribution in [0.2, 0.25) is 0 Å². The van der Waals surface area contributed by atoms with Crippen molar-refractivity contribution >= 4 is 41.7 Å². The van der Waals surface area contributed by atoms with Crippen molar-refractivity contribution in [1.29, 1.82) is 0 Å². The van der Waals surface area contributed by atoms with E-state index in [1.165, 1.54) is 0 Å². The van der Waals surface area contributed by atoms with Gasteiger partial charge in [-0.3, -0.25) is 4.57 Å². The van der Waals surface area contributed by atoms with Crippen molar-refractivity contribution in [2.45, 2.75) is 4.99 Å². The normalized spacial score (nSPS) is 15.6. The highest BCUT2D eigenvalue weighted by Gasteiger charge is 2.26. The molecule has 0 aliphatic rings. The molecule has 2 N–H and O–H groups in total. The maximum Gasteiger partial charge on any atom is 0.340 e. The van der Waals surface area contributed by atoms with E-state index >= 15 is 0 Å². The maximum absolute atomic E-state index is 10.3. The third-order valence-corrected chi connectivity index (χ3v) is 5.08. The molecule has 0 radical (unpaired) electrons. The zero-order valence-corrected chi connectivity index (χ0v) is 7.63. The molecule has 0 spiro atoms. The van der Waals surface area contributed by atoms with Gasteiger partial charge in [-0.15, -0.1) is 23.3 Å². The second kappa shape index (κ2) is 4.11. The van der Waals surface area contributed by atoms with Crippen LogP contribution in [0.3, 0.4) is 0 Å². The lowest BCUT2D eigenvalue weighted by molar-refractivity contribution is 0.372. The quantitative estimate of drug-likeness (QED) is 0.283. The fourth-order valence-electron chi connectivity index (χ4n) is 0.179. The molecule has 9 heavy (non-hydrogen) atoms. The molecule has 0 saturated heterocycles. The van der Waals surface area contributed by atoms with Crippen LogP contribution in [0.25, 0.3) is 0 Å². The Balaban J connectivity index is 3.96. The molecule has 1 unspecified atom stereocenters. The molecule has 0 aromatic rings. The first-order valence-electron chi connectivity index (χ1n) is 1.93. The second-order valence-electron chi connectivity index (χ2n) is 1.30. The van der Waals surface area contributed by atoms with Crippen LogP contribution in [0.1, 0.15) is 0 Å². The molecule has 0 aliphatic carbocycles. The Kier molecular flexibility index (Phi) is 4.63. The van der Waals surface area contributed by atoms with Crippen molar-refractivity contribution in [1.82, 2.24) is 0 Å². The Hall–Kier alpha value is 1.14. The molecule has 56 valence electrons. The summed E-state index contributed by atoms with van der Waals surface area (Å²) in [6.45, 7) is 0. The van der Waals surface area contributed by atoms with Gasteiger partial charge in [-0.2, -0.15) is 0 Å². The number of alkyl halides is 1. The molecule has 0 heterocycles. The molecule has 0 fully saturated rings. The van der Waals surface area contributed by atoms with Gasteiger partial charge in [-0.05, 0) is 0 Å². The molecule has 0 rings (SSSR count). The first-order valence-corrected chi connectivity index (χ1v) is 6.08. The average Bonchev–Trinajstić information content (AvgIpc) is 1.65. The summed E-state index contributed by atoms with van der Waals surface area (Å²) in [5.41, 5.74) is 0. The third-order valence-electron chi connectivity index (χ3n) is 0.629. The van der Waals surface area contributed by atoms with Crippen LogP contribution in [0.5, 0.6) is 0 Å². The molecule has 7 heteroatoms. The molecule has 0 aliphatic heterocycles. The first kappa shape index (κ1) is 10.1. The fraction of sp³-hybridized carbons (Fsp3) is 1.00. The molecule has 0 aromatic carbocycles. The van der Waals surface area contributed by atoms with Gasteiger partial charge >= 0.3 is 7.60 Å². The summed E-state index contributed by atoms with van der Waals surface area (Å²) in [4.78, 5) is 16.0.